The Bertz CT molecular complexity index is 761. The number of ketones is 1. The van der Waals surface area contributed by atoms with E-state index in [4.69, 9.17) is 16.3 Å². The fourth-order valence-corrected chi connectivity index (χ4v) is 2.56. The maximum absolute atomic E-state index is 14.1. The highest BCUT2D eigenvalue weighted by Gasteiger charge is 2.50. The molecule has 9 heteroatoms. The van der Waals surface area contributed by atoms with Gasteiger partial charge >= 0.3 is 0 Å². The predicted octanol–water partition coefficient (Wildman–Crippen LogP) is 1.57. The molecule has 0 radical (unpaired) electrons. The first-order valence-electron chi connectivity index (χ1n) is 5.65. The van der Waals surface area contributed by atoms with E-state index in [-0.39, 0.29) is 10.6 Å². The van der Waals surface area contributed by atoms with Gasteiger partial charge in [0.25, 0.3) is 5.78 Å². The van der Waals surface area contributed by atoms with E-state index in [1.54, 1.807) is 0 Å². The number of aliphatic hydroxyl groups excluding tert-OH is 1. The molecule has 2 rings (SSSR count). The minimum Gasteiger partial charge on any atom is -0.501 e. The summed E-state index contributed by atoms with van der Waals surface area (Å²) in [6.07, 6.45) is 0.816. The molecule has 6 nitrogen and oxygen atoms in total. The molecule has 1 aliphatic heterocycles. The van der Waals surface area contributed by atoms with Crippen molar-refractivity contribution in [3.63, 3.8) is 0 Å². The molecule has 1 aromatic carbocycles. The number of aliphatic hydroxyl groups is 1. The first-order chi connectivity index (χ1) is 9.56. The molecule has 1 heterocycles. The Morgan fingerprint density at radius 3 is 2.62 bits per heavy atom. The number of rotatable bonds is 3. The Kier molecular flexibility index (Phi) is 3.63. The van der Waals surface area contributed by atoms with Crippen LogP contribution >= 0.6 is 11.6 Å². The van der Waals surface area contributed by atoms with Gasteiger partial charge in [-0.2, -0.15) is 0 Å². The van der Waals surface area contributed by atoms with Crippen LogP contribution in [0.4, 0.5) is 4.39 Å². The van der Waals surface area contributed by atoms with E-state index in [9.17, 15) is 22.7 Å². The Labute approximate surface area is 125 Å². The second-order valence-corrected chi connectivity index (χ2v) is 6.77. The fraction of sp³-hybridized carbons (Fsp3) is 0.250. The van der Waals surface area contributed by atoms with E-state index in [0.29, 0.717) is 0 Å². The summed E-state index contributed by atoms with van der Waals surface area (Å²) in [4.78, 5) is 12.1. The fourth-order valence-electron chi connectivity index (χ4n) is 1.91. The van der Waals surface area contributed by atoms with Gasteiger partial charge in [-0.3, -0.25) is 9.52 Å². The Morgan fingerprint density at radius 2 is 2.05 bits per heavy atom. The SMILES string of the molecule is CC1(c2cccc(Cl)c2F)OC(NS(C)(=O)=O)=C(O)C1=O. The van der Waals surface area contributed by atoms with Crippen molar-refractivity contribution in [2.24, 2.45) is 0 Å². The largest absolute Gasteiger partial charge is 0.501 e. The van der Waals surface area contributed by atoms with Crippen LogP contribution in [0.25, 0.3) is 0 Å². The van der Waals surface area contributed by atoms with Gasteiger partial charge in [0.05, 0.1) is 11.3 Å². The second-order valence-electron chi connectivity index (χ2n) is 4.62. The lowest BCUT2D eigenvalue weighted by Gasteiger charge is -2.24. The average Bonchev–Trinajstić information content (AvgIpc) is 2.56. The molecular formula is C12H11ClFNO5S. The van der Waals surface area contributed by atoms with Crippen LogP contribution in [0.1, 0.15) is 12.5 Å². The molecular weight excluding hydrogens is 325 g/mol. The number of nitrogens with one attached hydrogen (secondary N) is 1. The highest BCUT2D eigenvalue weighted by Crippen LogP contribution is 2.39. The molecule has 0 spiro atoms. The van der Waals surface area contributed by atoms with Gasteiger partial charge in [0.1, 0.15) is 5.82 Å². The maximum atomic E-state index is 14.1. The van der Waals surface area contributed by atoms with Gasteiger partial charge in [0, 0.05) is 5.56 Å². The lowest BCUT2D eigenvalue weighted by molar-refractivity contribution is -0.132. The standard InChI is InChI=1S/C12H11ClFNO5S/c1-12(6-4-3-5-7(13)8(6)14)10(17)9(16)11(20-12)15-21(2,18)19/h3-5,15-16H,1-2H3. The third-order valence-electron chi connectivity index (χ3n) is 2.91. The summed E-state index contributed by atoms with van der Waals surface area (Å²) >= 11 is 5.65. The van der Waals surface area contributed by atoms with E-state index in [2.05, 4.69) is 0 Å². The topological polar surface area (TPSA) is 92.7 Å². The summed E-state index contributed by atoms with van der Waals surface area (Å²) in [5.41, 5.74) is -2.12. The Balaban J connectivity index is 2.48. The van der Waals surface area contributed by atoms with Crippen molar-refractivity contribution in [3.05, 3.63) is 46.2 Å². The third-order valence-corrected chi connectivity index (χ3v) is 3.76. The molecule has 2 N–H and O–H groups in total. The van der Waals surface area contributed by atoms with Crippen LogP contribution in [-0.4, -0.2) is 25.6 Å². The van der Waals surface area contributed by atoms with Crippen LogP contribution < -0.4 is 4.72 Å². The summed E-state index contributed by atoms with van der Waals surface area (Å²) in [6, 6.07) is 3.95. The highest BCUT2D eigenvalue weighted by molar-refractivity contribution is 7.88. The quantitative estimate of drug-likeness (QED) is 0.874. The molecule has 1 atom stereocenters. The van der Waals surface area contributed by atoms with E-state index >= 15 is 0 Å². The number of sulfonamides is 1. The van der Waals surface area contributed by atoms with Crippen LogP contribution in [0.15, 0.2) is 29.8 Å². The van der Waals surface area contributed by atoms with Crippen molar-refractivity contribution in [2.45, 2.75) is 12.5 Å². The molecule has 21 heavy (non-hydrogen) atoms. The van der Waals surface area contributed by atoms with Gasteiger partial charge in [-0.15, -0.1) is 0 Å². The van der Waals surface area contributed by atoms with Gasteiger partial charge in [0.2, 0.25) is 27.3 Å². The molecule has 0 aromatic heterocycles. The molecule has 0 bridgehead atoms. The molecule has 1 aliphatic rings. The minimum atomic E-state index is -3.78. The highest BCUT2D eigenvalue weighted by atomic mass is 35.5. The van der Waals surface area contributed by atoms with Crippen molar-refractivity contribution in [1.82, 2.24) is 4.72 Å². The monoisotopic (exact) mass is 335 g/mol. The summed E-state index contributed by atoms with van der Waals surface area (Å²) in [6.45, 7) is 1.21. The van der Waals surface area contributed by atoms with E-state index < -0.39 is 38.9 Å². The maximum Gasteiger partial charge on any atom is 0.250 e. The third kappa shape index (κ3) is 2.68. The van der Waals surface area contributed by atoms with E-state index in [0.717, 1.165) is 6.26 Å². The molecule has 0 saturated carbocycles. The summed E-state index contributed by atoms with van der Waals surface area (Å²) in [5.74, 6) is -3.44. The molecule has 1 unspecified atom stereocenters. The lowest BCUT2D eigenvalue weighted by Crippen LogP contribution is -2.33. The molecule has 0 saturated heterocycles. The molecule has 114 valence electrons. The second kappa shape index (κ2) is 4.88. The van der Waals surface area contributed by atoms with E-state index in [1.165, 1.54) is 25.1 Å². The summed E-state index contributed by atoms with van der Waals surface area (Å²) in [5, 5.41) is 9.47. The van der Waals surface area contributed by atoms with Crippen LogP contribution in [0.3, 0.4) is 0 Å². The summed E-state index contributed by atoms with van der Waals surface area (Å²) < 4.78 is 43.4. The van der Waals surface area contributed by atoms with Crippen LogP contribution in [0, 0.1) is 5.82 Å². The number of carbonyl (C=O) groups excluding carboxylic acids is 1. The van der Waals surface area contributed by atoms with Crippen molar-refractivity contribution >= 4 is 27.4 Å². The number of hydrogen-bond donors (Lipinski definition) is 2. The van der Waals surface area contributed by atoms with Crippen LogP contribution in [-0.2, 0) is 25.2 Å². The zero-order valence-electron chi connectivity index (χ0n) is 11.0. The minimum absolute atomic E-state index is 0.211. The van der Waals surface area contributed by atoms with Gasteiger partial charge in [-0.1, -0.05) is 23.7 Å². The number of Topliss-reactive ketones (excluding diaryl/α,β-unsaturated/α-hetero) is 1. The Hall–Kier alpha value is -1.80. The van der Waals surface area contributed by atoms with Crippen LogP contribution in [0.2, 0.25) is 5.02 Å². The number of halogens is 2. The molecule has 0 aliphatic carbocycles. The normalized spacial score (nSPS) is 22.4. The van der Waals surface area contributed by atoms with Gasteiger partial charge in [0.15, 0.2) is 0 Å². The first-order valence-corrected chi connectivity index (χ1v) is 7.92. The number of ether oxygens (including phenoxy) is 1. The predicted molar refractivity (Wildman–Crippen MR) is 72.5 cm³/mol. The molecule has 1 aromatic rings. The summed E-state index contributed by atoms with van der Waals surface area (Å²) in [7, 11) is -3.78. The van der Waals surface area contributed by atoms with Crippen molar-refractivity contribution in [1.29, 1.82) is 0 Å². The zero-order chi connectivity index (χ0) is 16.0. The van der Waals surface area contributed by atoms with E-state index in [1.807, 2.05) is 4.72 Å². The zero-order valence-corrected chi connectivity index (χ0v) is 12.5. The van der Waals surface area contributed by atoms with Crippen molar-refractivity contribution < 1.29 is 27.4 Å². The van der Waals surface area contributed by atoms with Crippen molar-refractivity contribution in [2.75, 3.05) is 6.26 Å². The van der Waals surface area contributed by atoms with Gasteiger partial charge in [-0.25, -0.2) is 12.8 Å². The first kappa shape index (κ1) is 15.6. The number of benzene rings is 1. The van der Waals surface area contributed by atoms with Gasteiger partial charge in [-0.05, 0) is 13.0 Å². The Morgan fingerprint density at radius 1 is 1.43 bits per heavy atom. The number of carbonyl (C=O) groups is 1. The lowest BCUT2D eigenvalue weighted by atomic mass is 9.91. The van der Waals surface area contributed by atoms with Crippen molar-refractivity contribution in [3.8, 4) is 0 Å². The molecule has 0 fully saturated rings. The smallest absolute Gasteiger partial charge is 0.250 e. The molecule has 0 amide bonds. The average molecular weight is 336 g/mol. The number of hydrogen-bond acceptors (Lipinski definition) is 5. The van der Waals surface area contributed by atoms with Gasteiger partial charge < -0.3 is 9.84 Å². The van der Waals surface area contributed by atoms with Crippen LogP contribution in [0.5, 0.6) is 0 Å².